The van der Waals surface area contributed by atoms with Gasteiger partial charge in [0.15, 0.2) is 5.58 Å². The summed E-state index contributed by atoms with van der Waals surface area (Å²) in [5, 5.41) is 19.0. The molecule has 1 amide bonds. The van der Waals surface area contributed by atoms with Crippen molar-refractivity contribution < 1.29 is 23.8 Å². The van der Waals surface area contributed by atoms with Crippen molar-refractivity contribution in [2.75, 3.05) is 52.5 Å². The molecule has 9 nitrogen and oxygen atoms in total. The van der Waals surface area contributed by atoms with E-state index in [0.29, 0.717) is 66.6 Å². The van der Waals surface area contributed by atoms with Gasteiger partial charge in [-0.2, -0.15) is 5.26 Å². The maximum atomic E-state index is 13.0. The maximum absolute atomic E-state index is 13.0. The number of aliphatic hydroxyl groups excluding tert-OH is 1. The van der Waals surface area contributed by atoms with Crippen molar-refractivity contribution in [2.24, 2.45) is 0 Å². The van der Waals surface area contributed by atoms with Gasteiger partial charge in [-0.15, -0.1) is 0 Å². The Morgan fingerprint density at radius 1 is 1.02 bits per heavy atom. The fraction of sp³-hybridized carbons (Fsp3) is 0.344. The Hall–Kier alpha value is -4.23. The molecule has 2 saturated heterocycles. The van der Waals surface area contributed by atoms with Crippen molar-refractivity contribution in [3.8, 4) is 34.3 Å². The molecule has 2 aromatic carbocycles. The van der Waals surface area contributed by atoms with Crippen LogP contribution in [0.5, 0.6) is 5.75 Å². The van der Waals surface area contributed by atoms with E-state index in [-0.39, 0.29) is 18.6 Å². The number of carbonyl (C=O) groups excluding carboxylic acids is 1. The highest BCUT2D eigenvalue weighted by atomic mass is 16.5. The summed E-state index contributed by atoms with van der Waals surface area (Å²) < 4.78 is 17.8. The second-order valence-electron chi connectivity index (χ2n) is 10.4. The Kier molecular flexibility index (Phi) is 7.96. The number of hydrogen-bond donors (Lipinski definition) is 1. The van der Waals surface area contributed by atoms with Gasteiger partial charge in [-0.3, -0.25) is 14.7 Å². The van der Waals surface area contributed by atoms with Crippen molar-refractivity contribution in [1.29, 1.82) is 5.26 Å². The van der Waals surface area contributed by atoms with Crippen LogP contribution in [0.2, 0.25) is 0 Å². The average Bonchev–Trinajstić information content (AvgIpc) is 3.47. The van der Waals surface area contributed by atoms with Gasteiger partial charge < -0.3 is 23.9 Å². The summed E-state index contributed by atoms with van der Waals surface area (Å²) in [6, 6.07) is 19.1. The smallest absolute Gasteiger partial charge is 0.253 e. The van der Waals surface area contributed by atoms with Crippen molar-refractivity contribution >= 4 is 17.0 Å². The van der Waals surface area contributed by atoms with Crippen LogP contribution in [0.25, 0.3) is 33.6 Å². The molecule has 6 rings (SSSR count). The molecule has 41 heavy (non-hydrogen) atoms. The number of ether oxygens (including phenoxy) is 2. The molecule has 210 valence electrons. The third kappa shape index (κ3) is 5.81. The van der Waals surface area contributed by atoms with Crippen LogP contribution in [0.4, 0.5) is 0 Å². The van der Waals surface area contributed by atoms with Crippen LogP contribution in [-0.2, 0) is 4.74 Å². The first kappa shape index (κ1) is 27.0. The summed E-state index contributed by atoms with van der Waals surface area (Å²) in [6.45, 7) is 4.93. The number of carbonyl (C=O) groups is 1. The van der Waals surface area contributed by atoms with Gasteiger partial charge in [0.05, 0.1) is 25.4 Å². The zero-order valence-electron chi connectivity index (χ0n) is 22.8. The number of furan rings is 1. The van der Waals surface area contributed by atoms with Crippen molar-refractivity contribution in [1.82, 2.24) is 14.8 Å². The largest absolute Gasteiger partial charge is 0.489 e. The zero-order chi connectivity index (χ0) is 28.2. The lowest BCUT2D eigenvalue weighted by atomic mass is 10.0. The molecule has 9 heteroatoms. The van der Waals surface area contributed by atoms with E-state index in [1.807, 2.05) is 59.5 Å². The number of nitriles is 1. The molecule has 4 aromatic rings. The summed E-state index contributed by atoms with van der Waals surface area (Å²) in [4.78, 5) is 21.5. The molecule has 2 aliphatic rings. The molecule has 0 unspecified atom stereocenters. The monoisotopic (exact) mass is 552 g/mol. The number of aromatic nitrogens is 1. The second-order valence-corrected chi connectivity index (χ2v) is 10.4. The molecule has 2 aliphatic heterocycles. The average molecular weight is 553 g/mol. The first-order valence-electron chi connectivity index (χ1n) is 14.0. The topological polar surface area (TPSA) is 112 Å². The molecule has 2 aromatic heterocycles. The molecule has 4 heterocycles. The molecule has 0 atom stereocenters. The SMILES string of the molecule is N#Cc1cc(-c2ccnc3cc(-c4ccc(C(=O)N5CCN(CCO)CC5)cc4)oc23)ccc1OC1CCOCC1. The van der Waals surface area contributed by atoms with Gasteiger partial charge in [-0.25, -0.2) is 0 Å². The first-order chi connectivity index (χ1) is 20.1. The van der Waals surface area contributed by atoms with E-state index in [2.05, 4.69) is 16.0 Å². The first-order valence-corrected chi connectivity index (χ1v) is 14.0. The number of fused-ring (bicyclic) bond motifs is 1. The minimum Gasteiger partial charge on any atom is -0.489 e. The Morgan fingerprint density at radius 2 is 1.78 bits per heavy atom. The summed E-state index contributed by atoms with van der Waals surface area (Å²) in [7, 11) is 0. The lowest BCUT2D eigenvalue weighted by molar-refractivity contribution is 0.0254. The predicted octanol–water partition coefficient (Wildman–Crippen LogP) is 4.34. The van der Waals surface area contributed by atoms with Gasteiger partial charge in [0.25, 0.3) is 5.91 Å². The number of pyridine rings is 1. The third-order valence-electron chi connectivity index (χ3n) is 7.78. The van der Waals surface area contributed by atoms with Crippen molar-refractivity contribution in [3.05, 3.63) is 71.9 Å². The minimum absolute atomic E-state index is 0.00583. The Balaban J connectivity index is 1.21. The third-order valence-corrected chi connectivity index (χ3v) is 7.78. The van der Waals surface area contributed by atoms with Crippen LogP contribution in [0.1, 0.15) is 28.8 Å². The molecule has 2 fully saturated rings. The Bertz CT molecular complexity index is 1560. The van der Waals surface area contributed by atoms with Crippen molar-refractivity contribution in [2.45, 2.75) is 18.9 Å². The van der Waals surface area contributed by atoms with E-state index in [1.165, 1.54) is 0 Å². The van der Waals surface area contributed by atoms with E-state index in [1.54, 1.807) is 6.20 Å². The quantitative estimate of drug-likeness (QED) is 0.360. The van der Waals surface area contributed by atoms with Gasteiger partial charge in [-0.05, 0) is 35.9 Å². The molecular weight excluding hydrogens is 520 g/mol. The molecule has 0 bridgehead atoms. The standard InChI is InChI=1S/C32H32N4O5/c33-21-25-19-24(5-6-29(25)40-26-8-17-39-18-9-26)27-7-10-34-28-20-30(41-31(27)28)22-1-3-23(4-2-22)32(38)36-13-11-35(12-14-36)15-16-37/h1-7,10,19-20,26,37H,8-9,11-18H2. The van der Waals surface area contributed by atoms with Crippen LogP contribution in [0.15, 0.2) is 65.2 Å². The van der Waals surface area contributed by atoms with Gasteiger partial charge in [0.1, 0.15) is 29.2 Å². The molecule has 0 aliphatic carbocycles. The fourth-order valence-electron chi connectivity index (χ4n) is 5.44. The normalized spacial score (nSPS) is 16.5. The molecule has 0 radical (unpaired) electrons. The number of nitrogens with zero attached hydrogens (tertiary/aromatic N) is 4. The van der Waals surface area contributed by atoms with Gasteiger partial charge in [-0.1, -0.05) is 18.2 Å². The number of rotatable bonds is 7. The van der Waals surface area contributed by atoms with Crippen LogP contribution >= 0.6 is 0 Å². The van der Waals surface area contributed by atoms with Crippen LogP contribution in [0, 0.1) is 11.3 Å². The van der Waals surface area contributed by atoms with Gasteiger partial charge in [0.2, 0.25) is 0 Å². The highest BCUT2D eigenvalue weighted by Gasteiger charge is 2.22. The van der Waals surface area contributed by atoms with E-state index in [9.17, 15) is 10.1 Å². The predicted molar refractivity (Wildman–Crippen MR) is 153 cm³/mol. The van der Waals surface area contributed by atoms with E-state index < -0.39 is 0 Å². The Morgan fingerprint density at radius 3 is 2.51 bits per heavy atom. The highest BCUT2D eigenvalue weighted by molar-refractivity contribution is 5.95. The number of piperazine rings is 1. The molecular formula is C32H32N4O5. The highest BCUT2D eigenvalue weighted by Crippen LogP contribution is 2.35. The number of hydrogen-bond acceptors (Lipinski definition) is 8. The number of amides is 1. The zero-order valence-corrected chi connectivity index (χ0v) is 22.8. The van der Waals surface area contributed by atoms with Crippen LogP contribution in [-0.4, -0.2) is 84.4 Å². The van der Waals surface area contributed by atoms with E-state index in [0.717, 1.165) is 42.6 Å². The Labute approximate surface area is 238 Å². The summed E-state index contributed by atoms with van der Waals surface area (Å²) in [6.07, 6.45) is 3.40. The van der Waals surface area contributed by atoms with E-state index in [4.69, 9.17) is 19.0 Å². The minimum atomic E-state index is 0.00583. The van der Waals surface area contributed by atoms with Gasteiger partial charge in [0, 0.05) is 74.5 Å². The molecule has 0 saturated carbocycles. The molecule has 0 spiro atoms. The summed E-state index contributed by atoms with van der Waals surface area (Å²) in [5.41, 5.74) is 4.96. The lowest BCUT2D eigenvalue weighted by Gasteiger charge is -2.34. The molecule has 1 N–H and O–H groups in total. The van der Waals surface area contributed by atoms with E-state index >= 15 is 0 Å². The number of aliphatic hydroxyl groups is 1. The number of β-amino-alcohol motifs (C(OH)–C–C–N with tert-alkyl or cyclic N) is 1. The fourth-order valence-corrected chi connectivity index (χ4v) is 5.44. The second kappa shape index (κ2) is 12.1. The maximum Gasteiger partial charge on any atom is 0.253 e. The number of benzene rings is 2. The summed E-state index contributed by atoms with van der Waals surface area (Å²) in [5.74, 6) is 1.23. The van der Waals surface area contributed by atoms with Crippen LogP contribution < -0.4 is 4.74 Å². The van der Waals surface area contributed by atoms with Crippen LogP contribution in [0.3, 0.4) is 0 Å². The van der Waals surface area contributed by atoms with Gasteiger partial charge >= 0.3 is 0 Å². The lowest BCUT2D eigenvalue weighted by Crippen LogP contribution is -2.49. The summed E-state index contributed by atoms with van der Waals surface area (Å²) >= 11 is 0. The van der Waals surface area contributed by atoms with Crippen molar-refractivity contribution in [3.63, 3.8) is 0 Å².